The summed E-state index contributed by atoms with van der Waals surface area (Å²) in [6.45, 7) is 20.0. The number of hydrogen-bond acceptors (Lipinski definition) is 13. The number of nitrogens with one attached hydrogen (secondary N) is 7. The molecule has 2 fully saturated rings. The highest BCUT2D eigenvalue weighted by molar-refractivity contribution is 5.99. The fourth-order valence-electron chi connectivity index (χ4n) is 13.3. The molecule has 2 heterocycles. The van der Waals surface area contributed by atoms with E-state index in [1.54, 1.807) is 52.2 Å². The Morgan fingerprint density at radius 3 is 2.02 bits per heavy atom. The van der Waals surface area contributed by atoms with E-state index in [0.717, 1.165) is 60.9 Å². The van der Waals surface area contributed by atoms with Gasteiger partial charge < -0.3 is 67.5 Å². The molecule has 1 saturated heterocycles. The Balaban J connectivity index is 0.904. The minimum absolute atomic E-state index is 0.0129. The van der Waals surface area contributed by atoms with Crippen LogP contribution in [0.4, 0.5) is 11.4 Å². The summed E-state index contributed by atoms with van der Waals surface area (Å²) in [4.78, 5) is 140. The average Bonchev–Trinajstić information content (AvgIpc) is 0.827. The number of rotatable bonds is 32. The Labute approximate surface area is 579 Å². The molecule has 6 rings (SSSR count). The van der Waals surface area contributed by atoms with Crippen molar-refractivity contribution in [2.24, 2.45) is 34.3 Å². The van der Waals surface area contributed by atoms with E-state index in [4.69, 9.17) is 10.5 Å². The third kappa shape index (κ3) is 22.1. The normalized spacial score (nSPS) is 16.7. The number of aliphatic carboxylic acids is 1. The predicted molar refractivity (Wildman–Crippen MR) is 381 cm³/mol. The van der Waals surface area contributed by atoms with Gasteiger partial charge in [-0.15, -0.1) is 0 Å². The Morgan fingerprint density at radius 2 is 1.38 bits per heavy atom. The number of carbonyl (C=O) groups is 10. The summed E-state index contributed by atoms with van der Waals surface area (Å²) in [7, 11) is 3.24. The summed E-state index contributed by atoms with van der Waals surface area (Å²) in [6, 6.07) is 18.3. The van der Waals surface area contributed by atoms with Crippen molar-refractivity contribution < 1.29 is 57.8 Å². The van der Waals surface area contributed by atoms with Gasteiger partial charge in [-0.1, -0.05) is 135 Å². The number of piperidine rings is 1. The highest BCUT2D eigenvalue weighted by Gasteiger charge is 2.43. The molecule has 1 saturated carbocycles. The number of fused-ring (bicyclic) bond motifs is 2. The lowest BCUT2D eigenvalue weighted by Gasteiger charge is -2.45. The van der Waals surface area contributed by atoms with E-state index >= 15 is 0 Å². The molecule has 0 radical (unpaired) electrons. The number of amides is 9. The summed E-state index contributed by atoms with van der Waals surface area (Å²) >= 11 is 0. The molecule has 0 aromatic heterocycles. The number of nitrogens with two attached hydrogens (primary N) is 1. The highest BCUT2D eigenvalue weighted by Crippen LogP contribution is 2.46. The van der Waals surface area contributed by atoms with Crippen LogP contribution in [-0.2, 0) is 64.6 Å². The summed E-state index contributed by atoms with van der Waals surface area (Å²) < 4.78 is 5.75. The van der Waals surface area contributed by atoms with Crippen LogP contribution in [0, 0.1) is 28.6 Å². The lowest BCUT2D eigenvalue weighted by atomic mass is 9.65. The van der Waals surface area contributed by atoms with Gasteiger partial charge in [0.15, 0.2) is 0 Å². The second kappa shape index (κ2) is 36.5. The van der Waals surface area contributed by atoms with Gasteiger partial charge in [0.2, 0.25) is 53.2 Å². The Morgan fingerprint density at radius 1 is 0.724 bits per heavy atom. The van der Waals surface area contributed by atoms with Crippen LogP contribution in [0.3, 0.4) is 0 Å². The number of hydrogen-bond donors (Lipinski definition) is 9. The molecule has 9 amide bonds. The van der Waals surface area contributed by atoms with Crippen molar-refractivity contribution in [2.45, 2.75) is 188 Å². The maximum Gasteiger partial charge on any atom is 0.331 e. The Kier molecular flexibility index (Phi) is 29.3. The van der Waals surface area contributed by atoms with Crippen molar-refractivity contribution in [3.05, 3.63) is 107 Å². The van der Waals surface area contributed by atoms with Crippen LogP contribution in [0.2, 0.25) is 0 Å². The van der Waals surface area contributed by atoms with Crippen LogP contribution in [0.5, 0.6) is 0 Å². The number of unbranched alkanes of at least 4 members (excludes halogenated alkanes) is 1. The van der Waals surface area contributed by atoms with E-state index in [0.29, 0.717) is 50.3 Å². The maximum absolute atomic E-state index is 14.3. The molecule has 536 valence electrons. The van der Waals surface area contributed by atoms with Crippen molar-refractivity contribution in [3.63, 3.8) is 0 Å². The van der Waals surface area contributed by atoms with Gasteiger partial charge in [0, 0.05) is 62.1 Å². The molecular weight excluding hydrogens is 1250 g/mol. The zero-order valence-electron chi connectivity index (χ0n) is 59.8. The van der Waals surface area contributed by atoms with E-state index in [9.17, 15) is 53.1 Å². The third-order valence-corrected chi connectivity index (χ3v) is 19.6. The quantitative estimate of drug-likeness (QED) is 0.0220. The smallest absolute Gasteiger partial charge is 0.331 e. The standard InChI is InChI=1S/C75H109N11O12/c1-48(2)59(44-50(5)72(96)97)84(12)71(95)66(73(6,7)8)83-70(94)65(77-11)74(9,10)55-23-19-24-56(45-55)80-61(88)46-79-68(92)57(25-17-18-38-76)81-69(93)64(49(3)4)82-60(87)32-42-98-43-33-62(89)85-40-36-75(37-41-85)34-29-53(30-35-75)67(91)78-39-31-63(90)86-47-54-22-14-13-20-51(54)27-28-52-21-15-16-26-58(52)86/h13-16,19-24,26-28,44-45,48-49,53,57,59,64-66,77H,17-18,25,29-43,46-47,76H2,1-12H3,(H,78,91)(H,79,92)(H,80,88)(H,81,93)(H,82,87)(H,83,94)(H,96,97)/b28-27-,50-44+/t57-,59+,64-,65+,66+/m0/s1. The first-order valence-corrected chi connectivity index (χ1v) is 34.8. The molecule has 0 bridgehead atoms. The van der Waals surface area contributed by atoms with Crippen LogP contribution in [0.25, 0.3) is 12.2 Å². The van der Waals surface area contributed by atoms with Gasteiger partial charge in [0.25, 0.3) is 0 Å². The first-order chi connectivity index (χ1) is 46.4. The minimum atomic E-state index is -1.09. The van der Waals surface area contributed by atoms with Gasteiger partial charge in [0.05, 0.1) is 50.5 Å². The topological polar surface area (TPSA) is 320 Å². The van der Waals surface area contributed by atoms with E-state index in [1.807, 2.05) is 119 Å². The van der Waals surface area contributed by atoms with Gasteiger partial charge in [-0.2, -0.15) is 0 Å². The van der Waals surface area contributed by atoms with Gasteiger partial charge >= 0.3 is 5.97 Å². The molecule has 23 nitrogen and oxygen atoms in total. The van der Waals surface area contributed by atoms with Crippen LogP contribution < -0.4 is 47.9 Å². The predicted octanol–water partition coefficient (Wildman–Crippen LogP) is 7.23. The number of anilines is 2. The fourth-order valence-corrected chi connectivity index (χ4v) is 13.3. The fraction of sp³-hybridized carbons (Fsp3) is 0.573. The monoisotopic (exact) mass is 1360 g/mol. The molecule has 98 heavy (non-hydrogen) atoms. The van der Waals surface area contributed by atoms with Crippen LogP contribution >= 0.6 is 0 Å². The van der Waals surface area contributed by atoms with Crippen molar-refractivity contribution in [2.75, 3.05) is 70.2 Å². The van der Waals surface area contributed by atoms with Crippen molar-refractivity contribution in [1.29, 1.82) is 0 Å². The van der Waals surface area contributed by atoms with Gasteiger partial charge in [0.1, 0.15) is 18.1 Å². The molecule has 3 aromatic carbocycles. The number of likely N-dealkylation sites (tertiary alicyclic amines) is 1. The highest BCUT2D eigenvalue weighted by atomic mass is 16.5. The van der Waals surface area contributed by atoms with Gasteiger partial charge in [-0.25, -0.2) is 4.79 Å². The molecule has 5 atom stereocenters. The number of carboxylic acids is 1. The van der Waals surface area contributed by atoms with Gasteiger partial charge in [-0.05, 0) is 141 Å². The van der Waals surface area contributed by atoms with Crippen LogP contribution in [0.15, 0.2) is 84.4 Å². The second-order valence-electron chi connectivity index (χ2n) is 29.0. The number of carbonyl (C=O) groups excluding carboxylic acids is 9. The molecule has 3 aliphatic rings. The number of nitrogens with zero attached hydrogens (tertiary/aromatic N) is 3. The number of carboxylic acid groups (broad SMARTS) is 1. The minimum Gasteiger partial charge on any atom is -0.478 e. The van der Waals surface area contributed by atoms with Gasteiger partial charge in [-0.3, -0.25) is 43.2 Å². The Bertz CT molecular complexity index is 3340. The third-order valence-electron chi connectivity index (χ3n) is 19.6. The zero-order chi connectivity index (χ0) is 72.1. The number of likely N-dealkylation sites (N-methyl/N-ethyl adjacent to an activating group) is 2. The summed E-state index contributed by atoms with van der Waals surface area (Å²) in [5.41, 5.74) is 9.25. The SMILES string of the molecule is CN[C@H](C(=O)N[C@H](C(=O)N(C)[C@H](/C=C(\C)C(=O)O)C(C)C)C(C)(C)C)C(C)(C)c1cccc(NC(=O)CNC(=O)[C@H](CCCCN)NC(=O)[C@@H](NC(=O)CCOCCC(=O)N2CCC3(CCC(C(=O)NCCC(=O)N4Cc5ccccc5/C=C\c5ccccc54)CC3)CC2)C(C)C)c1. The van der Waals surface area contributed by atoms with Crippen LogP contribution in [-0.4, -0.2) is 164 Å². The summed E-state index contributed by atoms with van der Waals surface area (Å²) in [5.74, 6) is -4.88. The maximum atomic E-state index is 14.3. The van der Waals surface area contributed by atoms with Crippen molar-refractivity contribution >= 4 is 82.7 Å². The van der Waals surface area contributed by atoms with E-state index in [2.05, 4.69) is 43.3 Å². The Hall–Kier alpha value is -8.28. The molecule has 3 aromatic rings. The summed E-state index contributed by atoms with van der Waals surface area (Å²) in [6.07, 6.45) is 12.2. The molecule has 10 N–H and O–H groups in total. The zero-order valence-corrected chi connectivity index (χ0v) is 59.8. The largest absolute Gasteiger partial charge is 0.478 e. The first kappa shape index (κ1) is 78.7. The molecule has 1 spiro atoms. The van der Waals surface area contributed by atoms with Crippen molar-refractivity contribution in [3.8, 4) is 0 Å². The number of benzene rings is 3. The second-order valence-corrected chi connectivity index (χ2v) is 29.0. The average molecular weight is 1360 g/mol. The lowest BCUT2D eigenvalue weighted by Crippen LogP contribution is -2.61. The first-order valence-electron chi connectivity index (χ1n) is 34.8. The molecule has 23 heteroatoms. The molecule has 2 aliphatic heterocycles. The summed E-state index contributed by atoms with van der Waals surface area (Å²) in [5, 5.41) is 29.8. The van der Waals surface area contributed by atoms with Crippen LogP contribution in [0.1, 0.15) is 169 Å². The van der Waals surface area contributed by atoms with E-state index in [-0.39, 0.29) is 97.8 Å². The molecule has 0 unspecified atom stereocenters. The number of para-hydroxylation sites is 1. The molecule has 1 aliphatic carbocycles. The van der Waals surface area contributed by atoms with E-state index in [1.165, 1.54) is 11.8 Å². The number of ether oxygens (including phenoxy) is 1. The molecular formula is C75H109N11O12. The van der Waals surface area contributed by atoms with E-state index < -0.39 is 83.1 Å². The lowest BCUT2D eigenvalue weighted by molar-refractivity contribution is -0.141. The van der Waals surface area contributed by atoms with Crippen molar-refractivity contribution in [1.82, 2.24) is 41.7 Å².